The van der Waals surface area contributed by atoms with E-state index in [0.717, 1.165) is 26.2 Å². The summed E-state index contributed by atoms with van der Waals surface area (Å²) in [5, 5.41) is 2.51. The number of halogens is 3. The van der Waals surface area contributed by atoms with Gasteiger partial charge >= 0.3 is 6.18 Å². The first-order valence-electron chi connectivity index (χ1n) is 5.18. The summed E-state index contributed by atoms with van der Waals surface area (Å²) in [7, 11) is 0. The van der Waals surface area contributed by atoms with E-state index in [4.69, 9.17) is 0 Å². The first-order valence-corrected chi connectivity index (χ1v) is 5.18. The number of hydrogen-bond donors (Lipinski definition) is 1. The summed E-state index contributed by atoms with van der Waals surface area (Å²) < 4.78 is 36.3. The fraction of sp³-hybridized carbons (Fsp3) is 1.00. The summed E-state index contributed by atoms with van der Waals surface area (Å²) in [6, 6.07) is -1.40. The van der Waals surface area contributed by atoms with Gasteiger partial charge in [-0.05, 0) is 25.8 Å². The molecular weight excluding hydrogens is 191 g/mol. The first kappa shape index (κ1) is 13.8. The molecule has 1 nitrogen and oxygen atoms in total. The Morgan fingerprint density at radius 1 is 1.21 bits per heavy atom. The third-order valence-electron chi connectivity index (χ3n) is 2.31. The molecule has 0 aromatic heterocycles. The molecule has 0 spiro atoms. The molecule has 0 aromatic rings. The minimum atomic E-state index is -4.12. The van der Waals surface area contributed by atoms with Crippen LogP contribution in [0.15, 0.2) is 0 Å². The van der Waals surface area contributed by atoms with Gasteiger partial charge in [-0.2, -0.15) is 13.2 Å². The number of hydrogen-bond acceptors (Lipinski definition) is 1. The van der Waals surface area contributed by atoms with E-state index in [0.29, 0.717) is 12.5 Å². The fourth-order valence-electron chi connectivity index (χ4n) is 1.15. The molecule has 0 rings (SSSR count). The Bertz CT molecular complexity index is 145. The lowest BCUT2D eigenvalue weighted by atomic mass is 10.0. The fourth-order valence-corrected chi connectivity index (χ4v) is 1.15. The molecule has 0 saturated heterocycles. The van der Waals surface area contributed by atoms with Crippen molar-refractivity contribution in [3.63, 3.8) is 0 Å². The average molecular weight is 211 g/mol. The quantitative estimate of drug-likeness (QED) is 0.710. The van der Waals surface area contributed by atoms with Gasteiger partial charge in [0.15, 0.2) is 0 Å². The molecule has 0 heterocycles. The third-order valence-corrected chi connectivity index (χ3v) is 2.31. The van der Waals surface area contributed by atoms with E-state index >= 15 is 0 Å². The van der Waals surface area contributed by atoms with E-state index in [-0.39, 0.29) is 0 Å². The molecule has 0 aliphatic rings. The summed E-state index contributed by atoms with van der Waals surface area (Å²) >= 11 is 0. The second kappa shape index (κ2) is 6.27. The maximum absolute atomic E-state index is 12.1. The molecule has 1 N–H and O–H groups in total. The molecule has 0 saturated carbocycles. The molecule has 14 heavy (non-hydrogen) atoms. The lowest BCUT2D eigenvalue weighted by Gasteiger charge is -2.19. The largest absolute Gasteiger partial charge is 0.403 e. The Labute approximate surface area is 84.1 Å². The van der Waals surface area contributed by atoms with E-state index in [1.54, 1.807) is 0 Å². The predicted molar refractivity (Wildman–Crippen MR) is 52.2 cm³/mol. The van der Waals surface area contributed by atoms with Crippen molar-refractivity contribution < 1.29 is 13.2 Å². The topological polar surface area (TPSA) is 12.0 Å². The second-order valence-electron chi connectivity index (χ2n) is 3.92. The maximum atomic E-state index is 12.1. The summed E-state index contributed by atoms with van der Waals surface area (Å²) in [5.41, 5.74) is 0. The van der Waals surface area contributed by atoms with Crippen LogP contribution in [0.2, 0.25) is 0 Å². The van der Waals surface area contributed by atoms with Crippen molar-refractivity contribution >= 4 is 0 Å². The van der Waals surface area contributed by atoms with Gasteiger partial charge in [-0.25, -0.2) is 0 Å². The highest BCUT2D eigenvalue weighted by Crippen LogP contribution is 2.19. The standard InChI is InChI=1S/C10H20F3N/c1-4-5-6-8(2)7-14-9(3)10(11,12)13/h8-9,14H,4-7H2,1-3H3/t8-,9+/m1/s1. The monoisotopic (exact) mass is 211 g/mol. The Morgan fingerprint density at radius 2 is 1.79 bits per heavy atom. The molecule has 0 unspecified atom stereocenters. The van der Waals surface area contributed by atoms with Gasteiger partial charge in [-0.1, -0.05) is 26.7 Å². The van der Waals surface area contributed by atoms with Crippen LogP contribution in [0.25, 0.3) is 0 Å². The molecule has 0 radical (unpaired) electrons. The van der Waals surface area contributed by atoms with Crippen molar-refractivity contribution in [2.24, 2.45) is 5.92 Å². The predicted octanol–water partition coefficient (Wildman–Crippen LogP) is 3.35. The summed E-state index contributed by atoms with van der Waals surface area (Å²) in [6.07, 6.45) is -0.943. The van der Waals surface area contributed by atoms with Crippen molar-refractivity contribution in [3.8, 4) is 0 Å². The van der Waals surface area contributed by atoms with Gasteiger partial charge in [-0.3, -0.25) is 0 Å². The minimum absolute atomic E-state index is 0.319. The molecule has 0 aromatic carbocycles. The van der Waals surface area contributed by atoms with Crippen molar-refractivity contribution in [2.45, 2.75) is 52.3 Å². The minimum Gasteiger partial charge on any atom is -0.306 e. The Morgan fingerprint density at radius 3 is 2.21 bits per heavy atom. The van der Waals surface area contributed by atoms with E-state index in [1.165, 1.54) is 0 Å². The van der Waals surface area contributed by atoms with E-state index in [2.05, 4.69) is 12.2 Å². The third kappa shape index (κ3) is 6.24. The highest BCUT2D eigenvalue weighted by atomic mass is 19.4. The highest BCUT2D eigenvalue weighted by molar-refractivity contribution is 4.70. The summed E-state index contributed by atoms with van der Waals surface area (Å²) in [4.78, 5) is 0. The molecule has 0 bridgehead atoms. The van der Waals surface area contributed by atoms with Crippen LogP contribution in [-0.2, 0) is 0 Å². The maximum Gasteiger partial charge on any atom is 0.403 e. The normalized spacial score (nSPS) is 16.7. The van der Waals surface area contributed by atoms with Gasteiger partial charge in [0.1, 0.15) is 6.04 Å². The smallest absolute Gasteiger partial charge is 0.306 e. The van der Waals surface area contributed by atoms with Crippen LogP contribution in [0.4, 0.5) is 13.2 Å². The number of alkyl halides is 3. The van der Waals surface area contributed by atoms with Crippen LogP contribution < -0.4 is 5.32 Å². The van der Waals surface area contributed by atoms with Crippen LogP contribution in [0, 0.1) is 5.92 Å². The van der Waals surface area contributed by atoms with Gasteiger partial charge in [0.05, 0.1) is 0 Å². The van der Waals surface area contributed by atoms with Crippen LogP contribution in [-0.4, -0.2) is 18.8 Å². The first-order chi connectivity index (χ1) is 6.38. The Balaban J connectivity index is 3.61. The number of unbranched alkanes of at least 4 members (excludes halogenated alkanes) is 1. The van der Waals surface area contributed by atoms with Gasteiger partial charge in [0.2, 0.25) is 0 Å². The van der Waals surface area contributed by atoms with E-state index in [9.17, 15) is 13.2 Å². The van der Waals surface area contributed by atoms with Gasteiger partial charge < -0.3 is 5.32 Å². The van der Waals surface area contributed by atoms with Gasteiger partial charge in [0, 0.05) is 0 Å². The Hall–Kier alpha value is -0.250. The lowest BCUT2D eigenvalue weighted by molar-refractivity contribution is -0.151. The SMILES string of the molecule is CCCC[C@@H](C)CN[C@@H](C)C(F)(F)F. The molecule has 4 heteroatoms. The van der Waals surface area contributed by atoms with Gasteiger partial charge in [0.25, 0.3) is 0 Å². The molecule has 2 atom stereocenters. The molecule has 0 amide bonds. The number of rotatable bonds is 6. The van der Waals surface area contributed by atoms with Crippen LogP contribution in [0.5, 0.6) is 0 Å². The van der Waals surface area contributed by atoms with E-state index in [1.807, 2.05) is 6.92 Å². The second-order valence-corrected chi connectivity index (χ2v) is 3.92. The van der Waals surface area contributed by atoms with Crippen LogP contribution in [0.3, 0.4) is 0 Å². The summed E-state index contributed by atoms with van der Waals surface area (Å²) in [6.45, 7) is 5.66. The number of nitrogens with one attached hydrogen (secondary N) is 1. The van der Waals surface area contributed by atoms with Crippen molar-refractivity contribution in [3.05, 3.63) is 0 Å². The van der Waals surface area contributed by atoms with Gasteiger partial charge in [-0.15, -0.1) is 0 Å². The Kier molecular flexibility index (Phi) is 6.16. The van der Waals surface area contributed by atoms with Crippen molar-refractivity contribution in [2.75, 3.05) is 6.54 Å². The van der Waals surface area contributed by atoms with E-state index < -0.39 is 12.2 Å². The zero-order valence-corrected chi connectivity index (χ0v) is 9.12. The molecule has 0 aliphatic heterocycles. The summed E-state index contributed by atoms with van der Waals surface area (Å²) in [5.74, 6) is 0.319. The zero-order chi connectivity index (χ0) is 11.2. The van der Waals surface area contributed by atoms with Crippen LogP contribution in [0.1, 0.15) is 40.0 Å². The van der Waals surface area contributed by atoms with Crippen LogP contribution >= 0.6 is 0 Å². The average Bonchev–Trinajstić information content (AvgIpc) is 2.09. The molecular formula is C10H20F3N. The molecule has 0 aliphatic carbocycles. The highest BCUT2D eigenvalue weighted by Gasteiger charge is 2.35. The van der Waals surface area contributed by atoms with Crippen molar-refractivity contribution in [1.29, 1.82) is 0 Å². The van der Waals surface area contributed by atoms with Crippen molar-refractivity contribution in [1.82, 2.24) is 5.32 Å². The lowest BCUT2D eigenvalue weighted by Crippen LogP contribution is -2.41. The zero-order valence-electron chi connectivity index (χ0n) is 9.12. The molecule has 0 fully saturated rings. The molecule has 86 valence electrons.